The molecule has 20 heavy (non-hydrogen) atoms. The van der Waals surface area contributed by atoms with Gasteiger partial charge in [0, 0.05) is 5.69 Å². The van der Waals surface area contributed by atoms with Crippen molar-refractivity contribution in [2.45, 2.75) is 26.7 Å². The van der Waals surface area contributed by atoms with Gasteiger partial charge in [-0.15, -0.1) is 0 Å². The number of sulfone groups is 1. The van der Waals surface area contributed by atoms with Crippen LogP contribution in [0.15, 0.2) is 18.2 Å². The molecule has 1 aromatic rings. The Hall–Kier alpha value is -1.40. The zero-order valence-electron chi connectivity index (χ0n) is 12.0. The highest BCUT2D eigenvalue weighted by Crippen LogP contribution is 2.14. The van der Waals surface area contributed by atoms with Gasteiger partial charge in [0.15, 0.2) is 9.84 Å². The second kappa shape index (κ2) is 7.40. The maximum atomic E-state index is 11.7. The first-order valence-corrected chi connectivity index (χ1v) is 8.44. The van der Waals surface area contributed by atoms with Crippen LogP contribution in [0, 0.1) is 13.8 Å². The van der Waals surface area contributed by atoms with Crippen LogP contribution < -0.4 is 11.1 Å². The predicted octanol–water partition coefficient (Wildman–Crippen LogP) is 1.40. The van der Waals surface area contributed by atoms with Crippen LogP contribution in [0.5, 0.6) is 0 Å². The number of benzene rings is 1. The maximum Gasteiger partial charge on any atom is 0.239 e. The fraction of sp³-hybridized carbons (Fsp3) is 0.500. The molecule has 5 nitrogen and oxygen atoms in total. The van der Waals surface area contributed by atoms with Crippen molar-refractivity contribution in [2.75, 3.05) is 23.4 Å². The minimum absolute atomic E-state index is 0.00451. The normalized spacial score (nSPS) is 11.3. The molecule has 3 N–H and O–H groups in total. The largest absolute Gasteiger partial charge is 0.330 e. The van der Waals surface area contributed by atoms with Crippen LogP contribution in [0.2, 0.25) is 0 Å². The van der Waals surface area contributed by atoms with Crippen molar-refractivity contribution in [2.24, 2.45) is 5.73 Å². The van der Waals surface area contributed by atoms with Gasteiger partial charge in [-0.2, -0.15) is 0 Å². The van der Waals surface area contributed by atoms with Crippen LogP contribution in [0.3, 0.4) is 0 Å². The summed E-state index contributed by atoms with van der Waals surface area (Å²) in [6.45, 7) is 4.38. The predicted molar refractivity (Wildman–Crippen MR) is 81.5 cm³/mol. The first kappa shape index (κ1) is 16.7. The molecular formula is C14H22N2O3S. The van der Waals surface area contributed by atoms with Crippen molar-refractivity contribution < 1.29 is 13.2 Å². The molecule has 6 heteroatoms. The molecule has 112 valence electrons. The van der Waals surface area contributed by atoms with Gasteiger partial charge in [-0.1, -0.05) is 6.07 Å². The molecule has 0 saturated carbocycles. The molecule has 0 saturated heterocycles. The number of nitrogens with one attached hydrogen (secondary N) is 1. The van der Waals surface area contributed by atoms with Crippen LogP contribution in [0.4, 0.5) is 5.69 Å². The molecule has 0 spiro atoms. The molecule has 0 bridgehead atoms. The van der Waals surface area contributed by atoms with Gasteiger partial charge in [0.1, 0.15) is 5.75 Å². The van der Waals surface area contributed by atoms with E-state index in [1.165, 1.54) is 0 Å². The first-order chi connectivity index (χ1) is 9.34. The number of carbonyl (C=O) groups excluding carboxylic acids is 1. The number of unbranched alkanes of at least 4 members (excludes halogenated alkanes) is 1. The van der Waals surface area contributed by atoms with Crippen molar-refractivity contribution >= 4 is 21.4 Å². The fourth-order valence-corrected chi connectivity index (χ4v) is 3.01. The Morgan fingerprint density at radius 3 is 2.50 bits per heavy atom. The lowest BCUT2D eigenvalue weighted by Gasteiger charge is -2.08. The van der Waals surface area contributed by atoms with E-state index in [0.29, 0.717) is 25.1 Å². The van der Waals surface area contributed by atoms with Crippen molar-refractivity contribution in [3.05, 3.63) is 29.3 Å². The van der Waals surface area contributed by atoms with E-state index in [1.54, 1.807) is 6.07 Å². The highest BCUT2D eigenvalue weighted by Gasteiger charge is 2.16. The minimum atomic E-state index is -3.36. The van der Waals surface area contributed by atoms with Gasteiger partial charge in [0.05, 0.1) is 5.75 Å². The fourth-order valence-electron chi connectivity index (χ4n) is 1.75. The summed E-state index contributed by atoms with van der Waals surface area (Å²) < 4.78 is 23.5. The van der Waals surface area contributed by atoms with E-state index in [1.807, 2.05) is 26.0 Å². The summed E-state index contributed by atoms with van der Waals surface area (Å²) >= 11 is 0. The van der Waals surface area contributed by atoms with Crippen molar-refractivity contribution in [1.29, 1.82) is 0 Å². The van der Waals surface area contributed by atoms with Gasteiger partial charge >= 0.3 is 0 Å². The molecule has 0 unspecified atom stereocenters. The monoisotopic (exact) mass is 298 g/mol. The highest BCUT2D eigenvalue weighted by molar-refractivity contribution is 7.92. The molecule has 0 heterocycles. The molecule has 0 fully saturated rings. The third-order valence-corrected chi connectivity index (χ3v) is 4.66. The van der Waals surface area contributed by atoms with Crippen LogP contribution >= 0.6 is 0 Å². The standard InChI is InChI=1S/C14H22N2O3S/c1-11-5-6-13(9-12(11)2)16-14(17)10-20(18,19)8-4-3-7-15/h5-6,9H,3-4,7-8,10,15H2,1-2H3,(H,16,17). The average Bonchev–Trinajstić information content (AvgIpc) is 2.33. The van der Waals surface area contributed by atoms with Gasteiger partial charge in [-0.3, -0.25) is 4.79 Å². The van der Waals surface area contributed by atoms with E-state index in [0.717, 1.165) is 11.1 Å². The summed E-state index contributed by atoms with van der Waals surface area (Å²) in [5.74, 6) is -0.976. The topological polar surface area (TPSA) is 89.3 Å². The van der Waals surface area contributed by atoms with E-state index in [9.17, 15) is 13.2 Å². The number of hydrogen-bond acceptors (Lipinski definition) is 4. The quantitative estimate of drug-likeness (QED) is 0.745. The van der Waals surface area contributed by atoms with Gasteiger partial charge in [0.25, 0.3) is 0 Å². The number of nitrogens with two attached hydrogens (primary N) is 1. The molecule has 0 radical (unpaired) electrons. The lowest BCUT2D eigenvalue weighted by molar-refractivity contribution is -0.113. The van der Waals surface area contributed by atoms with Crippen molar-refractivity contribution in [3.63, 3.8) is 0 Å². The number of amides is 1. The van der Waals surface area contributed by atoms with E-state index in [4.69, 9.17) is 5.73 Å². The van der Waals surface area contributed by atoms with Crippen molar-refractivity contribution in [3.8, 4) is 0 Å². The molecular weight excluding hydrogens is 276 g/mol. The Balaban J connectivity index is 2.56. The zero-order valence-corrected chi connectivity index (χ0v) is 12.8. The third kappa shape index (κ3) is 5.71. The third-order valence-electron chi connectivity index (χ3n) is 3.05. The summed E-state index contributed by atoms with van der Waals surface area (Å²) in [5.41, 5.74) is 8.11. The number of anilines is 1. The maximum absolute atomic E-state index is 11.7. The molecule has 0 aliphatic rings. The van der Waals surface area contributed by atoms with Crippen LogP contribution in [-0.2, 0) is 14.6 Å². The van der Waals surface area contributed by atoms with Gasteiger partial charge < -0.3 is 11.1 Å². The van der Waals surface area contributed by atoms with Crippen LogP contribution in [0.25, 0.3) is 0 Å². The zero-order chi connectivity index (χ0) is 15.2. The number of hydrogen-bond donors (Lipinski definition) is 2. The molecule has 1 amide bonds. The van der Waals surface area contributed by atoms with Crippen molar-refractivity contribution in [1.82, 2.24) is 0 Å². The Morgan fingerprint density at radius 1 is 1.20 bits per heavy atom. The summed E-state index contributed by atoms with van der Waals surface area (Å²) in [4.78, 5) is 11.7. The van der Waals surface area contributed by atoms with E-state index in [-0.39, 0.29) is 5.75 Å². The molecule has 0 aromatic heterocycles. The summed E-state index contributed by atoms with van der Waals surface area (Å²) in [6, 6.07) is 5.48. The summed E-state index contributed by atoms with van der Waals surface area (Å²) in [6.07, 6.45) is 1.15. The number of rotatable bonds is 7. The van der Waals surface area contributed by atoms with Gasteiger partial charge in [-0.05, 0) is 56.5 Å². The minimum Gasteiger partial charge on any atom is -0.330 e. The molecule has 0 atom stereocenters. The Labute approximate surface area is 120 Å². The molecule has 1 rings (SSSR count). The Morgan fingerprint density at radius 2 is 1.90 bits per heavy atom. The van der Waals surface area contributed by atoms with Gasteiger partial charge in [-0.25, -0.2) is 8.42 Å². The van der Waals surface area contributed by atoms with E-state index >= 15 is 0 Å². The van der Waals surface area contributed by atoms with E-state index < -0.39 is 21.5 Å². The smallest absolute Gasteiger partial charge is 0.239 e. The summed E-state index contributed by atoms with van der Waals surface area (Å²) in [7, 11) is -3.36. The molecule has 0 aliphatic carbocycles. The summed E-state index contributed by atoms with van der Waals surface area (Å²) in [5, 5.41) is 2.61. The Bertz CT molecular complexity index is 568. The molecule has 1 aromatic carbocycles. The first-order valence-electron chi connectivity index (χ1n) is 6.61. The van der Waals surface area contributed by atoms with E-state index in [2.05, 4.69) is 5.32 Å². The number of aryl methyl sites for hydroxylation is 2. The lowest BCUT2D eigenvalue weighted by atomic mass is 10.1. The van der Waals surface area contributed by atoms with Gasteiger partial charge in [0.2, 0.25) is 5.91 Å². The SMILES string of the molecule is Cc1ccc(NC(=O)CS(=O)(=O)CCCCN)cc1C. The second-order valence-electron chi connectivity index (χ2n) is 4.94. The second-order valence-corrected chi connectivity index (χ2v) is 7.12. The Kier molecular flexibility index (Phi) is 6.16. The highest BCUT2D eigenvalue weighted by atomic mass is 32.2. The molecule has 0 aliphatic heterocycles. The lowest BCUT2D eigenvalue weighted by Crippen LogP contribution is -2.25. The average molecular weight is 298 g/mol. The van der Waals surface area contributed by atoms with Crippen LogP contribution in [-0.4, -0.2) is 32.4 Å². The number of carbonyl (C=O) groups is 1. The van der Waals surface area contributed by atoms with Crippen LogP contribution in [0.1, 0.15) is 24.0 Å².